The summed E-state index contributed by atoms with van der Waals surface area (Å²) in [5, 5.41) is 6.43. The van der Waals surface area contributed by atoms with Crippen molar-refractivity contribution >= 4 is 21.7 Å². The van der Waals surface area contributed by atoms with Crippen LogP contribution in [0.1, 0.15) is 0 Å². The van der Waals surface area contributed by atoms with Gasteiger partial charge >= 0.3 is 0 Å². The van der Waals surface area contributed by atoms with Crippen LogP contribution in [0.25, 0.3) is 11.1 Å². The maximum absolute atomic E-state index is 13.3. The zero-order valence-corrected chi connectivity index (χ0v) is 10.0. The van der Waals surface area contributed by atoms with Gasteiger partial charge in [0.25, 0.3) is 0 Å². The maximum Gasteiger partial charge on any atom is 0.144 e. The number of aromatic amines is 1. The molecule has 16 heavy (non-hydrogen) atoms. The number of aromatic nitrogens is 2. The second kappa shape index (κ2) is 4.13. The van der Waals surface area contributed by atoms with Crippen LogP contribution >= 0.6 is 15.9 Å². The Morgan fingerprint density at radius 2 is 2.19 bits per heavy atom. The molecule has 0 radical (unpaired) electrons. The SMILES string of the molecule is COc1c(-c2cn[nH]c2N)ccc(F)c1Br. The van der Waals surface area contributed by atoms with Gasteiger partial charge in [-0.15, -0.1) is 0 Å². The second-order valence-electron chi connectivity index (χ2n) is 3.14. The van der Waals surface area contributed by atoms with Gasteiger partial charge < -0.3 is 10.5 Å². The molecule has 1 heterocycles. The van der Waals surface area contributed by atoms with Gasteiger partial charge in [0, 0.05) is 11.1 Å². The normalized spacial score (nSPS) is 10.4. The Hall–Kier alpha value is -1.56. The van der Waals surface area contributed by atoms with E-state index in [9.17, 15) is 4.39 Å². The number of methoxy groups -OCH3 is 1. The lowest BCUT2D eigenvalue weighted by Crippen LogP contribution is -1.94. The number of nitrogens with zero attached hydrogens (tertiary/aromatic N) is 1. The molecule has 0 saturated carbocycles. The lowest BCUT2D eigenvalue weighted by molar-refractivity contribution is 0.409. The lowest BCUT2D eigenvalue weighted by atomic mass is 10.1. The van der Waals surface area contributed by atoms with Gasteiger partial charge in [-0.05, 0) is 28.1 Å². The van der Waals surface area contributed by atoms with E-state index in [1.807, 2.05) is 0 Å². The highest BCUT2D eigenvalue weighted by molar-refractivity contribution is 9.10. The molecule has 0 aliphatic heterocycles. The van der Waals surface area contributed by atoms with Gasteiger partial charge in [-0.25, -0.2) is 4.39 Å². The number of nitrogens with one attached hydrogen (secondary N) is 1. The summed E-state index contributed by atoms with van der Waals surface area (Å²) < 4.78 is 18.7. The zero-order chi connectivity index (χ0) is 11.7. The second-order valence-corrected chi connectivity index (χ2v) is 3.93. The number of anilines is 1. The number of ether oxygens (including phenoxy) is 1. The van der Waals surface area contributed by atoms with Crippen LogP contribution in [0.15, 0.2) is 22.8 Å². The van der Waals surface area contributed by atoms with E-state index in [1.54, 1.807) is 12.3 Å². The summed E-state index contributed by atoms with van der Waals surface area (Å²) in [6, 6.07) is 2.94. The van der Waals surface area contributed by atoms with E-state index in [2.05, 4.69) is 26.1 Å². The quantitative estimate of drug-likeness (QED) is 0.891. The van der Waals surface area contributed by atoms with Crippen molar-refractivity contribution in [2.24, 2.45) is 0 Å². The molecule has 0 bridgehead atoms. The number of rotatable bonds is 2. The van der Waals surface area contributed by atoms with E-state index in [1.165, 1.54) is 13.2 Å². The van der Waals surface area contributed by atoms with Crippen molar-refractivity contribution in [1.29, 1.82) is 0 Å². The Morgan fingerprint density at radius 3 is 2.75 bits per heavy atom. The highest BCUT2D eigenvalue weighted by atomic mass is 79.9. The van der Waals surface area contributed by atoms with Crippen LogP contribution in [0.2, 0.25) is 0 Å². The molecule has 1 aromatic carbocycles. The third kappa shape index (κ3) is 1.65. The molecular formula is C10H9BrFN3O. The van der Waals surface area contributed by atoms with Crippen LogP contribution in [0, 0.1) is 5.82 Å². The minimum absolute atomic E-state index is 0.271. The fourth-order valence-corrected chi connectivity index (χ4v) is 1.96. The fraction of sp³-hybridized carbons (Fsp3) is 0.100. The summed E-state index contributed by atoms with van der Waals surface area (Å²) >= 11 is 3.13. The number of benzene rings is 1. The molecular weight excluding hydrogens is 277 g/mol. The maximum atomic E-state index is 13.3. The van der Waals surface area contributed by atoms with E-state index in [-0.39, 0.29) is 10.3 Å². The molecule has 0 spiro atoms. The van der Waals surface area contributed by atoms with Crippen molar-refractivity contribution < 1.29 is 9.13 Å². The molecule has 0 aliphatic carbocycles. The van der Waals surface area contributed by atoms with E-state index in [4.69, 9.17) is 10.5 Å². The molecule has 0 saturated heterocycles. The van der Waals surface area contributed by atoms with Crippen molar-refractivity contribution in [1.82, 2.24) is 10.2 Å². The highest BCUT2D eigenvalue weighted by Crippen LogP contribution is 2.39. The summed E-state index contributed by atoms with van der Waals surface area (Å²) in [5.41, 5.74) is 7.06. The van der Waals surface area contributed by atoms with E-state index in [0.717, 1.165) is 0 Å². The highest BCUT2D eigenvalue weighted by Gasteiger charge is 2.16. The molecule has 0 amide bonds. The van der Waals surface area contributed by atoms with Crippen molar-refractivity contribution in [2.75, 3.05) is 12.8 Å². The molecule has 6 heteroatoms. The van der Waals surface area contributed by atoms with Crippen LogP contribution in [0.4, 0.5) is 10.2 Å². The average molecular weight is 286 g/mol. The van der Waals surface area contributed by atoms with Gasteiger partial charge in [0.15, 0.2) is 0 Å². The first kappa shape index (κ1) is 10.9. The summed E-state index contributed by atoms with van der Waals surface area (Å²) in [4.78, 5) is 0. The van der Waals surface area contributed by atoms with Crippen molar-refractivity contribution in [2.45, 2.75) is 0 Å². The minimum Gasteiger partial charge on any atom is -0.495 e. The molecule has 84 valence electrons. The fourth-order valence-electron chi connectivity index (χ4n) is 1.45. The summed E-state index contributed by atoms with van der Waals surface area (Å²) in [7, 11) is 1.47. The Labute approximate surface area is 99.7 Å². The van der Waals surface area contributed by atoms with Gasteiger partial charge in [-0.3, -0.25) is 5.10 Å². The Kier molecular flexibility index (Phi) is 2.82. The Balaban J connectivity index is 2.66. The predicted molar refractivity (Wildman–Crippen MR) is 62.6 cm³/mol. The molecule has 4 nitrogen and oxygen atoms in total. The first-order valence-electron chi connectivity index (χ1n) is 4.46. The lowest BCUT2D eigenvalue weighted by Gasteiger charge is -2.10. The third-order valence-electron chi connectivity index (χ3n) is 2.21. The number of hydrogen-bond acceptors (Lipinski definition) is 3. The molecule has 0 unspecified atom stereocenters. The molecule has 0 fully saturated rings. The van der Waals surface area contributed by atoms with Crippen LogP contribution in [-0.4, -0.2) is 17.3 Å². The van der Waals surface area contributed by atoms with Crippen molar-refractivity contribution in [3.63, 3.8) is 0 Å². The van der Waals surface area contributed by atoms with Gasteiger partial charge in [0.1, 0.15) is 17.4 Å². The van der Waals surface area contributed by atoms with E-state index < -0.39 is 0 Å². The number of hydrogen-bond donors (Lipinski definition) is 2. The molecule has 0 atom stereocenters. The molecule has 2 aromatic rings. The van der Waals surface area contributed by atoms with Crippen LogP contribution in [0.5, 0.6) is 5.75 Å². The number of H-pyrrole nitrogens is 1. The summed E-state index contributed by atoms with van der Waals surface area (Å²) in [6.45, 7) is 0. The molecule has 2 rings (SSSR count). The van der Waals surface area contributed by atoms with Crippen LogP contribution in [0.3, 0.4) is 0 Å². The van der Waals surface area contributed by atoms with Gasteiger partial charge in [-0.1, -0.05) is 0 Å². The number of nitrogen functional groups attached to an aromatic ring is 1. The summed E-state index contributed by atoms with van der Waals surface area (Å²) in [6.07, 6.45) is 1.57. The van der Waals surface area contributed by atoms with Gasteiger partial charge in [0.05, 0.1) is 17.8 Å². The standard InChI is InChI=1S/C10H9BrFN3O/c1-16-9-5(2-3-7(12)8(9)11)6-4-14-15-10(6)13/h2-4H,1H3,(H3,13,14,15). The van der Waals surface area contributed by atoms with E-state index in [0.29, 0.717) is 22.7 Å². The zero-order valence-electron chi connectivity index (χ0n) is 8.42. The van der Waals surface area contributed by atoms with Crippen LogP contribution < -0.4 is 10.5 Å². The van der Waals surface area contributed by atoms with Crippen molar-refractivity contribution in [3.05, 3.63) is 28.6 Å². The van der Waals surface area contributed by atoms with Crippen molar-refractivity contribution in [3.8, 4) is 16.9 Å². The average Bonchev–Trinajstić information content (AvgIpc) is 2.68. The molecule has 0 aliphatic rings. The minimum atomic E-state index is -0.386. The smallest absolute Gasteiger partial charge is 0.144 e. The van der Waals surface area contributed by atoms with Gasteiger partial charge in [0.2, 0.25) is 0 Å². The number of nitrogens with two attached hydrogens (primary N) is 1. The summed E-state index contributed by atoms with van der Waals surface area (Å²) in [5.74, 6) is 0.424. The predicted octanol–water partition coefficient (Wildman–Crippen LogP) is 2.57. The first-order chi connectivity index (χ1) is 7.65. The molecule has 1 aromatic heterocycles. The Bertz CT molecular complexity index is 527. The Morgan fingerprint density at radius 1 is 1.44 bits per heavy atom. The van der Waals surface area contributed by atoms with Gasteiger partial charge in [-0.2, -0.15) is 5.10 Å². The largest absolute Gasteiger partial charge is 0.495 e. The monoisotopic (exact) mass is 285 g/mol. The third-order valence-corrected chi connectivity index (χ3v) is 2.95. The topological polar surface area (TPSA) is 63.9 Å². The van der Waals surface area contributed by atoms with E-state index >= 15 is 0 Å². The molecule has 3 N–H and O–H groups in total. The number of halogens is 2. The first-order valence-corrected chi connectivity index (χ1v) is 5.25. The van der Waals surface area contributed by atoms with Crippen LogP contribution in [-0.2, 0) is 0 Å².